The Morgan fingerprint density at radius 3 is 2.67 bits per heavy atom. The van der Waals surface area contributed by atoms with Crippen LogP contribution in [0.1, 0.15) is 11.1 Å². The molecule has 2 aromatic rings. The summed E-state index contributed by atoms with van der Waals surface area (Å²) in [4.78, 5) is 3.98. The van der Waals surface area contributed by atoms with Gasteiger partial charge in [-0.15, -0.1) is 0 Å². The third-order valence-electron chi connectivity index (χ3n) is 2.49. The van der Waals surface area contributed by atoms with Crippen LogP contribution < -0.4 is 11.1 Å². The molecule has 18 heavy (non-hydrogen) atoms. The second-order valence-electron chi connectivity index (χ2n) is 3.74. The minimum absolute atomic E-state index is 0.0466. The van der Waals surface area contributed by atoms with Gasteiger partial charge in [0.25, 0.3) is 0 Å². The largest absolute Gasteiger partial charge is 0.389 e. The lowest BCUT2D eigenvalue weighted by Gasteiger charge is -2.11. The van der Waals surface area contributed by atoms with Gasteiger partial charge in [-0.3, -0.25) is 4.98 Å². The minimum atomic E-state index is -0.415. The van der Waals surface area contributed by atoms with Crippen molar-refractivity contribution in [1.29, 1.82) is 0 Å². The van der Waals surface area contributed by atoms with Crippen molar-refractivity contribution in [1.82, 2.24) is 4.98 Å². The van der Waals surface area contributed by atoms with Gasteiger partial charge in [-0.05, 0) is 29.8 Å². The normalized spacial score (nSPS) is 10.1. The predicted molar refractivity (Wildman–Crippen MR) is 73.9 cm³/mol. The predicted octanol–water partition coefficient (Wildman–Crippen LogP) is 2.47. The van der Waals surface area contributed by atoms with Crippen molar-refractivity contribution in [2.24, 2.45) is 5.73 Å². The van der Waals surface area contributed by atoms with Crippen LogP contribution in [-0.4, -0.2) is 9.97 Å². The Morgan fingerprint density at radius 1 is 1.28 bits per heavy atom. The molecule has 0 aliphatic carbocycles. The number of nitrogens with zero attached hydrogens (tertiary/aromatic N) is 1. The van der Waals surface area contributed by atoms with E-state index in [0.29, 0.717) is 12.2 Å². The van der Waals surface area contributed by atoms with Crippen molar-refractivity contribution in [2.45, 2.75) is 6.54 Å². The first-order valence-electron chi connectivity index (χ1n) is 5.39. The van der Waals surface area contributed by atoms with E-state index in [1.54, 1.807) is 24.5 Å². The van der Waals surface area contributed by atoms with Crippen molar-refractivity contribution >= 4 is 22.9 Å². The number of nitrogens with one attached hydrogen (secondary N) is 1. The molecule has 3 nitrogen and oxygen atoms in total. The molecule has 1 aromatic heterocycles. The van der Waals surface area contributed by atoms with Crippen LogP contribution >= 0.6 is 12.2 Å². The Hall–Kier alpha value is -2.01. The lowest BCUT2D eigenvalue weighted by Crippen LogP contribution is -2.15. The van der Waals surface area contributed by atoms with Crippen LogP contribution in [-0.2, 0) is 6.54 Å². The molecule has 1 aromatic carbocycles. The van der Waals surface area contributed by atoms with Crippen LogP contribution in [0.15, 0.2) is 42.7 Å². The van der Waals surface area contributed by atoms with Gasteiger partial charge in [0, 0.05) is 24.6 Å². The molecular weight excluding hydrogens is 249 g/mol. The quantitative estimate of drug-likeness (QED) is 0.830. The Morgan fingerprint density at radius 2 is 2.00 bits per heavy atom. The summed E-state index contributed by atoms with van der Waals surface area (Å²) < 4.78 is 13.6. The standard InChI is InChI=1S/C13H12FN3S/c14-10-2-1-3-11(12(10)13(15)18)17-8-9-4-6-16-7-5-9/h1-7,17H,8H2,(H2,15,18). The highest BCUT2D eigenvalue weighted by Crippen LogP contribution is 2.19. The fourth-order valence-corrected chi connectivity index (χ4v) is 1.83. The summed E-state index contributed by atoms with van der Waals surface area (Å²) >= 11 is 4.86. The topological polar surface area (TPSA) is 50.9 Å². The summed E-state index contributed by atoms with van der Waals surface area (Å²) in [6.07, 6.45) is 3.41. The van der Waals surface area contributed by atoms with Crippen LogP contribution in [0, 0.1) is 5.82 Å². The summed E-state index contributed by atoms with van der Waals surface area (Å²) in [6, 6.07) is 8.47. The van der Waals surface area contributed by atoms with Crippen LogP contribution in [0.5, 0.6) is 0 Å². The molecule has 0 radical (unpaired) electrons. The van der Waals surface area contributed by atoms with Crippen molar-refractivity contribution in [3.8, 4) is 0 Å². The number of hydrogen-bond acceptors (Lipinski definition) is 3. The number of nitrogens with two attached hydrogens (primary N) is 1. The summed E-state index contributed by atoms with van der Waals surface area (Å²) in [5.41, 5.74) is 7.42. The fourth-order valence-electron chi connectivity index (χ4n) is 1.62. The Kier molecular flexibility index (Phi) is 3.84. The van der Waals surface area contributed by atoms with E-state index in [-0.39, 0.29) is 10.6 Å². The van der Waals surface area contributed by atoms with E-state index < -0.39 is 5.82 Å². The van der Waals surface area contributed by atoms with Crippen molar-refractivity contribution in [3.63, 3.8) is 0 Å². The number of thiocarbonyl (C=S) groups is 1. The van der Waals surface area contributed by atoms with Crippen molar-refractivity contribution in [3.05, 3.63) is 59.7 Å². The van der Waals surface area contributed by atoms with Crippen molar-refractivity contribution in [2.75, 3.05) is 5.32 Å². The van der Waals surface area contributed by atoms with Gasteiger partial charge in [-0.1, -0.05) is 18.3 Å². The third-order valence-corrected chi connectivity index (χ3v) is 2.70. The first-order chi connectivity index (χ1) is 8.68. The van der Waals surface area contributed by atoms with Crippen LogP contribution in [0.25, 0.3) is 0 Å². The number of hydrogen-bond donors (Lipinski definition) is 2. The number of pyridine rings is 1. The number of halogens is 1. The van der Waals surface area contributed by atoms with Gasteiger partial charge in [-0.2, -0.15) is 0 Å². The number of aromatic nitrogens is 1. The molecule has 0 atom stereocenters. The highest BCUT2D eigenvalue weighted by molar-refractivity contribution is 7.80. The van der Waals surface area contributed by atoms with Gasteiger partial charge in [0.05, 0.1) is 5.56 Å². The van der Waals surface area contributed by atoms with Crippen molar-refractivity contribution < 1.29 is 4.39 Å². The molecule has 0 aliphatic rings. The second kappa shape index (κ2) is 5.55. The fraction of sp³-hybridized carbons (Fsp3) is 0.0769. The maximum absolute atomic E-state index is 13.6. The van der Waals surface area contributed by atoms with Gasteiger partial charge in [0.15, 0.2) is 0 Å². The Bertz CT molecular complexity index is 557. The molecule has 0 fully saturated rings. The van der Waals surface area contributed by atoms with Crippen LogP contribution in [0.2, 0.25) is 0 Å². The average molecular weight is 261 g/mol. The summed E-state index contributed by atoms with van der Waals surface area (Å²) in [7, 11) is 0. The number of rotatable bonds is 4. The molecule has 0 aliphatic heterocycles. The van der Waals surface area contributed by atoms with Gasteiger partial charge < -0.3 is 11.1 Å². The van der Waals surface area contributed by atoms with E-state index >= 15 is 0 Å². The molecule has 1 heterocycles. The zero-order valence-corrected chi connectivity index (χ0v) is 10.4. The van der Waals surface area contributed by atoms with E-state index in [2.05, 4.69) is 10.3 Å². The lowest BCUT2D eigenvalue weighted by molar-refractivity contribution is 0.626. The highest BCUT2D eigenvalue weighted by atomic mass is 32.1. The summed E-state index contributed by atoms with van der Waals surface area (Å²) in [6.45, 7) is 0.557. The average Bonchev–Trinajstić information content (AvgIpc) is 2.37. The van der Waals surface area contributed by atoms with Gasteiger partial charge in [0.2, 0.25) is 0 Å². The lowest BCUT2D eigenvalue weighted by atomic mass is 10.1. The zero-order chi connectivity index (χ0) is 13.0. The van der Waals surface area contributed by atoms with E-state index in [1.165, 1.54) is 6.07 Å². The maximum Gasteiger partial charge on any atom is 0.135 e. The number of anilines is 1. The van der Waals surface area contributed by atoms with Gasteiger partial charge >= 0.3 is 0 Å². The van der Waals surface area contributed by atoms with E-state index in [9.17, 15) is 4.39 Å². The minimum Gasteiger partial charge on any atom is -0.389 e. The Labute approximate surface area is 110 Å². The molecule has 5 heteroatoms. The number of benzene rings is 1. The second-order valence-corrected chi connectivity index (χ2v) is 4.18. The molecule has 3 N–H and O–H groups in total. The monoisotopic (exact) mass is 261 g/mol. The molecule has 0 unspecified atom stereocenters. The first kappa shape index (κ1) is 12.4. The molecule has 0 bridgehead atoms. The third kappa shape index (κ3) is 2.81. The van der Waals surface area contributed by atoms with Crippen LogP contribution in [0.3, 0.4) is 0 Å². The summed E-state index contributed by atoms with van der Waals surface area (Å²) in [5.74, 6) is -0.415. The SMILES string of the molecule is NC(=S)c1c(F)cccc1NCc1ccncc1. The maximum atomic E-state index is 13.6. The Balaban J connectivity index is 2.20. The van der Waals surface area contributed by atoms with Gasteiger partial charge in [0.1, 0.15) is 10.8 Å². The molecule has 92 valence electrons. The highest BCUT2D eigenvalue weighted by Gasteiger charge is 2.10. The zero-order valence-electron chi connectivity index (χ0n) is 9.56. The summed E-state index contributed by atoms with van der Waals surface area (Å²) in [5, 5.41) is 3.12. The van der Waals surface area contributed by atoms with E-state index in [0.717, 1.165) is 5.56 Å². The molecule has 2 rings (SSSR count). The molecular formula is C13H12FN3S. The van der Waals surface area contributed by atoms with E-state index in [1.807, 2.05) is 12.1 Å². The van der Waals surface area contributed by atoms with Crippen LogP contribution in [0.4, 0.5) is 10.1 Å². The molecule has 0 spiro atoms. The molecule has 0 saturated heterocycles. The first-order valence-corrected chi connectivity index (χ1v) is 5.80. The van der Waals surface area contributed by atoms with E-state index in [4.69, 9.17) is 18.0 Å². The molecule has 0 amide bonds. The molecule has 0 saturated carbocycles. The smallest absolute Gasteiger partial charge is 0.135 e. The van der Waals surface area contributed by atoms with Gasteiger partial charge in [-0.25, -0.2) is 4.39 Å².